The van der Waals surface area contributed by atoms with Gasteiger partial charge in [0.1, 0.15) is 0 Å². The molecule has 0 N–H and O–H groups in total. The summed E-state index contributed by atoms with van der Waals surface area (Å²) in [6.45, 7) is 15.0. The molecule has 2 heteroatoms. The van der Waals surface area contributed by atoms with Gasteiger partial charge in [-0.15, -0.1) is 0 Å². The molecule has 0 aliphatic rings. The number of aromatic nitrogens is 1. The van der Waals surface area contributed by atoms with Gasteiger partial charge in [0.15, 0.2) is 0 Å². The number of benzene rings is 1. The van der Waals surface area contributed by atoms with Crippen LogP contribution in [0.3, 0.4) is 0 Å². The summed E-state index contributed by atoms with van der Waals surface area (Å²) in [4.78, 5) is 8.52. The van der Waals surface area contributed by atoms with Crippen LogP contribution in [0.2, 0.25) is 0 Å². The smallest absolute Gasteiger partial charge is 0.0696 e. The van der Waals surface area contributed by atoms with Crippen molar-refractivity contribution in [3.05, 3.63) is 89.6 Å². The van der Waals surface area contributed by atoms with Gasteiger partial charge in [-0.05, 0) is 58.5 Å². The second-order valence-electron chi connectivity index (χ2n) is 5.31. The van der Waals surface area contributed by atoms with E-state index in [2.05, 4.69) is 29.7 Å². The van der Waals surface area contributed by atoms with Crippen LogP contribution < -0.4 is 10.4 Å². The van der Waals surface area contributed by atoms with E-state index in [9.17, 15) is 0 Å². The number of hydrogen-bond donors (Lipinski definition) is 0. The highest BCUT2D eigenvalue weighted by Gasteiger charge is 2.01. The van der Waals surface area contributed by atoms with Crippen molar-refractivity contribution in [2.24, 2.45) is 4.99 Å². The molecule has 0 atom stereocenters. The van der Waals surface area contributed by atoms with Crippen molar-refractivity contribution in [3.63, 3.8) is 0 Å². The first kappa shape index (κ1) is 17.4. The van der Waals surface area contributed by atoms with Gasteiger partial charge in [0.2, 0.25) is 0 Å². The molecule has 0 bridgehead atoms. The Labute approximate surface area is 143 Å². The summed E-state index contributed by atoms with van der Waals surface area (Å²) in [6.07, 6.45) is 9.56. The van der Waals surface area contributed by atoms with E-state index < -0.39 is 0 Å². The van der Waals surface area contributed by atoms with Gasteiger partial charge < -0.3 is 0 Å². The average Bonchev–Trinajstić information content (AvgIpc) is 2.61. The van der Waals surface area contributed by atoms with Gasteiger partial charge in [-0.3, -0.25) is 9.98 Å². The van der Waals surface area contributed by atoms with E-state index in [1.807, 2.05) is 61.5 Å². The van der Waals surface area contributed by atoms with Crippen LogP contribution in [0.5, 0.6) is 0 Å². The first-order valence-electron chi connectivity index (χ1n) is 7.83. The van der Waals surface area contributed by atoms with Crippen LogP contribution in [0.15, 0.2) is 72.9 Å². The first-order valence-corrected chi connectivity index (χ1v) is 7.83. The van der Waals surface area contributed by atoms with Gasteiger partial charge in [0.05, 0.1) is 12.2 Å². The topological polar surface area (TPSA) is 25.2 Å². The summed E-state index contributed by atoms with van der Waals surface area (Å²) in [5.41, 5.74) is 3.66. The highest BCUT2D eigenvalue weighted by Crippen LogP contribution is 2.12. The summed E-state index contributed by atoms with van der Waals surface area (Å²) in [5.74, 6) is 0. The van der Waals surface area contributed by atoms with Crippen molar-refractivity contribution >= 4 is 30.0 Å². The van der Waals surface area contributed by atoms with E-state index in [4.69, 9.17) is 0 Å². The number of aliphatic imine (C=N–C) groups is 1. The molecule has 120 valence electrons. The summed E-state index contributed by atoms with van der Waals surface area (Å²) >= 11 is 0. The summed E-state index contributed by atoms with van der Waals surface area (Å²) in [6, 6.07) is 11.8. The maximum atomic E-state index is 4.35. The second-order valence-corrected chi connectivity index (χ2v) is 5.31. The molecule has 0 saturated carbocycles. The minimum atomic E-state index is 0.652. The Morgan fingerprint density at radius 3 is 2.67 bits per heavy atom. The molecule has 24 heavy (non-hydrogen) atoms. The Morgan fingerprint density at radius 2 is 1.96 bits per heavy atom. The van der Waals surface area contributed by atoms with Crippen LogP contribution in [0.25, 0.3) is 23.8 Å². The maximum Gasteiger partial charge on any atom is 0.0696 e. The summed E-state index contributed by atoms with van der Waals surface area (Å²) in [5, 5.41) is 1.95. The van der Waals surface area contributed by atoms with E-state index in [0.29, 0.717) is 6.54 Å². The van der Waals surface area contributed by atoms with Crippen LogP contribution in [0, 0.1) is 0 Å². The molecule has 0 unspecified atom stereocenters. The molecule has 1 heterocycles. The lowest BCUT2D eigenvalue weighted by atomic mass is 10.0. The van der Waals surface area contributed by atoms with E-state index in [1.165, 1.54) is 0 Å². The summed E-state index contributed by atoms with van der Waals surface area (Å²) < 4.78 is 0. The fourth-order valence-corrected chi connectivity index (χ4v) is 2.32. The van der Waals surface area contributed by atoms with E-state index >= 15 is 0 Å². The Kier molecular flexibility index (Phi) is 6.21. The van der Waals surface area contributed by atoms with Gasteiger partial charge in [0, 0.05) is 6.20 Å². The zero-order valence-corrected chi connectivity index (χ0v) is 14.1. The minimum Gasteiger partial charge on any atom is -0.294 e. The molecule has 2 rings (SSSR count). The van der Waals surface area contributed by atoms with Gasteiger partial charge in [-0.25, -0.2) is 0 Å². The third-order valence-corrected chi connectivity index (χ3v) is 3.57. The molecular formula is C22H22N2. The van der Waals surface area contributed by atoms with E-state index in [1.54, 1.807) is 12.4 Å². The van der Waals surface area contributed by atoms with Crippen molar-refractivity contribution < 1.29 is 0 Å². The van der Waals surface area contributed by atoms with Crippen LogP contribution in [0.4, 0.5) is 0 Å². The van der Waals surface area contributed by atoms with E-state index in [0.717, 1.165) is 32.8 Å². The Morgan fingerprint density at radius 1 is 1.12 bits per heavy atom. The quantitative estimate of drug-likeness (QED) is 0.590. The fraction of sp³-hybridized carbons (Fsp3) is 0.0909. The lowest BCUT2D eigenvalue weighted by Gasteiger charge is -2.05. The number of pyridine rings is 1. The van der Waals surface area contributed by atoms with Gasteiger partial charge in [0.25, 0.3) is 0 Å². The molecular weight excluding hydrogens is 292 g/mol. The first-order chi connectivity index (χ1) is 11.6. The molecule has 0 amide bonds. The predicted octanol–water partition coefficient (Wildman–Crippen LogP) is 3.65. The standard InChI is InChI=1S/C22H22N2/c1-5-23-14-9-11-17(2)20-12-8-10-18(3)21(20)16-19(4)22-13-6-7-15-24-22/h5-13,15-16H,2-4,14H2,1H3. The zero-order chi connectivity index (χ0) is 17.4. The Balaban J connectivity index is 2.42. The molecule has 1 aromatic heterocycles. The molecule has 0 fully saturated rings. The molecule has 2 nitrogen and oxygen atoms in total. The largest absolute Gasteiger partial charge is 0.294 e. The lowest BCUT2D eigenvalue weighted by Crippen LogP contribution is -2.26. The van der Waals surface area contributed by atoms with Crippen molar-refractivity contribution in [1.29, 1.82) is 0 Å². The van der Waals surface area contributed by atoms with Crippen molar-refractivity contribution in [2.45, 2.75) is 6.92 Å². The van der Waals surface area contributed by atoms with Crippen LogP contribution in [0.1, 0.15) is 18.2 Å². The molecule has 0 spiro atoms. The third kappa shape index (κ3) is 4.50. The van der Waals surface area contributed by atoms with Crippen LogP contribution in [-0.2, 0) is 0 Å². The fourth-order valence-electron chi connectivity index (χ4n) is 2.32. The maximum absolute atomic E-state index is 4.35. The SMILES string of the molecule is C=C(C=c1c(C(=C)C=CCN=CC)cccc1=C)c1ccccn1. The molecule has 0 aliphatic carbocycles. The van der Waals surface area contributed by atoms with E-state index in [-0.39, 0.29) is 0 Å². The third-order valence-electron chi connectivity index (χ3n) is 3.57. The zero-order valence-electron chi connectivity index (χ0n) is 14.1. The lowest BCUT2D eigenvalue weighted by molar-refractivity contribution is 1.25. The molecule has 2 aromatic rings. The van der Waals surface area contributed by atoms with Crippen LogP contribution in [-0.4, -0.2) is 17.7 Å². The van der Waals surface area contributed by atoms with Crippen LogP contribution >= 0.6 is 0 Å². The highest BCUT2D eigenvalue weighted by atomic mass is 14.7. The van der Waals surface area contributed by atoms with Crippen molar-refractivity contribution in [3.8, 4) is 0 Å². The summed E-state index contributed by atoms with van der Waals surface area (Å²) in [7, 11) is 0. The molecule has 1 aromatic carbocycles. The Bertz CT molecular complexity index is 887. The van der Waals surface area contributed by atoms with Gasteiger partial charge >= 0.3 is 0 Å². The monoisotopic (exact) mass is 314 g/mol. The second kappa shape index (κ2) is 8.59. The van der Waals surface area contributed by atoms with Crippen molar-refractivity contribution in [1.82, 2.24) is 4.98 Å². The molecule has 0 aliphatic heterocycles. The molecule has 0 saturated heterocycles. The number of hydrogen-bond acceptors (Lipinski definition) is 2. The minimum absolute atomic E-state index is 0.652. The van der Waals surface area contributed by atoms with Crippen molar-refractivity contribution in [2.75, 3.05) is 6.54 Å². The molecule has 0 radical (unpaired) electrons. The number of allylic oxidation sites excluding steroid dienone is 3. The van der Waals surface area contributed by atoms with Gasteiger partial charge in [-0.2, -0.15) is 0 Å². The number of nitrogens with zero attached hydrogens (tertiary/aromatic N) is 2. The predicted molar refractivity (Wildman–Crippen MR) is 106 cm³/mol. The number of rotatable bonds is 6. The average molecular weight is 314 g/mol. The Hall–Kier alpha value is -3.00. The normalized spacial score (nSPS) is 12.1. The highest BCUT2D eigenvalue weighted by molar-refractivity contribution is 5.87. The van der Waals surface area contributed by atoms with Gasteiger partial charge in [-0.1, -0.05) is 56.2 Å².